The van der Waals surface area contributed by atoms with Gasteiger partial charge in [-0.1, -0.05) is 31.2 Å². The molecule has 1 aliphatic heterocycles. The second-order valence-electron chi connectivity index (χ2n) is 5.22. The molecular weight excluding hydrogens is 254 g/mol. The van der Waals surface area contributed by atoms with E-state index in [1.807, 2.05) is 31.2 Å². The number of carbonyl (C=O) groups excluding carboxylic acids is 2. The van der Waals surface area contributed by atoms with Crippen molar-refractivity contribution < 1.29 is 14.7 Å². The van der Waals surface area contributed by atoms with Gasteiger partial charge in [0.05, 0.1) is 0 Å². The largest absolute Gasteiger partial charge is 0.396 e. The van der Waals surface area contributed by atoms with Gasteiger partial charge in [0.15, 0.2) is 0 Å². The molecule has 0 aromatic heterocycles. The van der Waals surface area contributed by atoms with E-state index in [2.05, 4.69) is 0 Å². The number of aliphatic hydroxyl groups excluding tert-OH is 1. The molecule has 102 valence electrons. The highest BCUT2D eigenvalue weighted by molar-refractivity contribution is 6.25. The maximum atomic E-state index is 12.5. The molecule has 0 spiro atoms. The van der Waals surface area contributed by atoms with E-state index < -0.39 is 0 Å². The third kappa shape index (κ3) is 1.80. The Morgan fingerprint density at radius 3 is 2.10 bits per heavy atom. The van der Waals surface area contributed by atoms with Gasteiger partial charge in [-0.05, 0) is 23.4 Å². The predicted octanol–water partition coefficient (Wildman–Crippen LogP) is 2.06. The Hall–Kier alpha value is -2.20. The van der Waals surface area contributed by atoms with Gasteiger partial charge in [-0.2, -0.15) is 0 Å². The van der Waals surface area contributed by atoms with Crippen molar-refractivity contribution in [1.29, 1.82) is 0 Å². The normalized spacial score (nSPS) is 15.8. The fourth-order valence-corrected chi connectivity index (χ4v) is 2.62. The van der Waals surface area contributed by atoms with Crippen molar-refractivity contribution in [3.05, 3.63) is 47.5 Å². The molecule has 20 heavy (non-hydrogen) atoms. The van der Waals surface area contributed by atoms with Crippen molar-refractivity contribution in [2.45, 2.75) is 6.92 Å². The van der Waals surface area contributed by atoms with Crippen molar-refractivity contribution in [2.24, 2.45) is 5.92 Å². The quantitative estimate of drug-likeness (QED) is 0.868. The Balaban J connectivity index is 2.16. The second-order valence-corrected chi connectivity index (χ2v) is 5.22. The highest BCUT2D eigenvalue weighted by Crippen LogP contribution is 2.30. The van der Waals surface area contributed by atoms with Crippen molar-refractivity contribution in [2.75, 3.05) is 13.2 Å². The lowest BCUT2D eigenvalue weighted by Crippen LogP contribution is -2.43. The van der Waals surface area contributed by atoms with Crippen molar-refractivity contribution in [3.8, 4) is 0 Å². The van der Waals surface area contributed by atoms with Crippen LogP contribution in [0.3, 0.4) is 0 Å². The zero-order chi connectivity index (χ0) is 14.3. The van der Waals surface area contributed by atoms with E-state index in [0.29, 0.717) is 11.1 Å². The second kappa shape index (κ2) is 4.72. The van der Waals surface area contributed by atoms with Crippen LogP contribution in [0.25, 0.3) is 10.8 Å². The topological polar surface area (TPSA) is 57.6 Å². The van der Waals surface area contributed by atoms with Crippen LogP contribution in [0.15, 0.2) is 36.4 Å². The van der Waals surface area contributed by atoms with E-state index in [0.717, 1.165) is 10.8 Å². The summed E-state index contributed by atoms with van der Waals surface area (Å²) in [7, 11) is 0. The van der Waals surface area contributed by atoms with Crippen LogP contribution < -0.4 is 0 Å². The van der Waals surface area contributed by atoms with E-state index in [-0.39, 0.29) is 30.9 Å². The van der Waals surface area contributed by atoms with Gasteiger partial charge in [0.2, 0.25) is 0 Å². The van der Waals surface area contributed by atoms with Crippen LogP contribution >= 0.6 is 0 Å². The number of benzene rings is 2. The smallest absolute Gasteiger partial charge is 0.261 e. The molecule has 2 aromatic carbocycles. The molecule has 3 rings (SSSR count). The number of imide groups is 1. The van der Waals surface area contributed by atoms with Crippen LogP contribution in [-0.4, -0.2) is 35.0 Å². The molecule has 1 aliphatic rings. The van der Waals surface area contributed by atoms with Gasteiger partial charge >= 0.3 is 0 Å². The Morgan fingerprint density at radius 2 is 1.60 bits per heavy atom. The van der Waals surface area contributed by atoms with Crippen molar-refractivity contribution in [3.63, 3.8) is 0 Å². The highest BCUT2D eigenvalue weighted by Gasteiger charge is 2.33. The minimum atomic E-state index is -0.278. The average molecular weight is 269 g/mol. The predicted molar refractivity (Wildman–Crippen MR) is 75.6 cm³/mol. The van der Waals surface area contributed by atoms with E-state index >= 15 is 0 Å². The van der Waals surface area contributed by atoms with Crippen molar-refractivity contribution >= 4 is 22.6 Å². The molecule has 2 aromatic rings. The van der Waals surface area contributed by atoms with E-state index in [1.165, 1.54) is 4.90 Å². The lowest BCUT2D eigenvalue weighted by Gasteiger charge is -2.28. The zero-order valence-electron chi connectivity index (χ0n) is 11.2. The Labute approximate surface area is 116 Å². The van der Waals surface area contributed by atoms with Gasteiger partial charge in [-0.25, -0.2) is 0 Å². The average Bonchev–Trinajstić information content (AvgIpc) is 2.48. The number of amides is 2. The first kappa shape index (κ1) is 12.8. The maximum absolute atomic E-state index is 12.5. The lowest BCUT2D eigenvalue weighted by molar-refractivity contribution is 0.0570. The molecule has 0 bridgehead atoms. The van der Waals surface area contributed by atoms with Gasteiger partial charge in [0.1, 0.15) is 0 Å². The number of aliphatic hydroxyl groups is 1. The number of hydrogen-bond acceptors (Lipinski definition) is 3. The summed E-state index contributed by atoms with van der Waals surface area (Å²) in [5.41, 5.74) is 1.12. The summed E-state index contributed by atoms with van der Waals surface area (Å²) in [5, 5.41) is 10.8. The number of hydrogen-bond donors (Lipinski definition) is 1. The molecule has 1 heterocycles. The molecule has 0 saturated heterocycles. The first-order valence-electron chi connectivity index (χ1n) is 6.62. The number of nitrogens with zero attached hydrogens (tertiary/aromatic N) is 1. The first-order chi connectivity index (χ1) is 9.63. The molecule has 0 saturated carbocycles. The van der Waals surface area contributed by atoms with Crippen LogP contribution in [0.4, 0.5) is 0 Å². The molecule has 1 unspecified atom stereocenters. The van der Waals surface area contributed by atoms with Gasteiger partial charge in [0.25, 0.3) is 11.8 Å². The Morgan fingerprint density at radius 1 is 1.05 bits per heavy atom. The molecule has 4 heteroatoms. The molecule has 0 radical (unpaired) electrons. The van der Waals surface area contributed by atoms with Crippen LogP contribution in [0.2, 0.25) is 0 Å². The summed E-state index contributed by atoms with van der Waals surface area (Å²) >= 11 is 0. The highest BCUT2D eigenvalue weighted by atomic mass is 16.3. The summed E-state index contributed by atoms with van der Waals surface area (Å²) in [6.45, 7) is 1.99. The minimum absolute atomic E-state index is 0.0527. The maximum Gasteiger partial charge on any atom is 0.261 e. The molecule has 1 atom stereocenters. The zero-order valence-corrected chi connectivity index (χ0v) is 11.2. The lowest BCUT2D eigenvalue weighted by atomic mass is 9.93. The molecule has 0 aliphatic carbocycles. The SMILES string of the molecule is CC(CO)CN1C(=O)c2cccc3cccc(c23)C1=O. The fourth-order valence-electron chi connectivity index (χ4n) is 2.62. The summed E-state index contributed by atoms with van der Waals surface area (Å²) in [6.07, 6.45) is 0. The molecular formula is C16H15NO3. The van der Waals surface area contributed by atoms with Gasteiger partial charge in [0, 0.05) is 29.7 Å². The molecule has 2 amide bonds. The summed E-state index contributed by atoms with van der Waals surface area (Å²) in [5.74, 6) is -0.688. The van der Waals surface area contributed by atoms with Gasteiger partial charge in [-0.3, -0.25) is 14.5 Å². The number of rotatable bonds is 3. The van der Waals surface area contributed by atoms with Crippen LogP contribution in [0, 0.1) is 5.92 Å². The third-order valence-electron chi connectivity index (χ3n) is 3.66. The van der Waals surface area contributed by atoms with Crippen LogP contribution in [0.5, 0.6) is 0 Å². The Kier molecular flexibility index (Phi) is 3.03. The fraction of sp³-hybridized carbons (Fsp3) is 0.250. The Bertz CT molecular complexity index is 657. The number of carbonyl (C=O) groups is 2. The first-order valence-corrected chi connectivity index (χ1v) is 6.62. The van der Waals surface area contributed by atoms with Crippen molar-refractivity contribution in [1.82, 2.24) is 4.90 Å². The van der Waals surface area contributed by atoms with E-state index in [1.54, 1.807) is 12.1 Å². The van der Waals surface area contributed by atoms with Gasteiger partial charge < -0.3 is 5.11 Å². The van der Waals surface area contributed by atoms with Crippen LogP contribution in [-0.2, 0) is 0 Å². The molecule has 0 fully saturated rings. The van der Waals surface area contributed by atoms with Gasteiger partial charge in [-0.15, -0.1) is 0 Å². The summed E-state index contributed by atoms with van der Waals surface area (Å²) in [4.78, 5) is 26.2. The molecule has 1 N–H and O–H groups in total. The van der Waals surface area contributed by atoms with E-state index in [4.69, 9.17) is 5.11 Å². The summed E-state index contributed by atoms with van der Waals surface area (Å²) < 4.78 is 0. The van der Waals surface area contributed by atoms with Crippen LogP contribution in [0.1, 0.15) is 27.6 Å². The summed E-state index contributed by atoms with van der Waals surface area (Å²) in [6, 6.07) is 10.9. The van der Waals surface area contributed by atoms with E-state index in [9.17, 15) is 9.59 Å². The standard InChI is InChI=1S/C16H15NO3/c1-10(9-18)8-17-15(19)12-6-2-4-11-5-3-7-13(14(11)12)16(17)20/h2-7,10,18H,8-9H2,1H3. The third-order valence-corrected chi connectivity index (χ3v) is 3.66. The monoisotopic (exact) mass is 269 g/mol. The molecule has 4 nitrogen and oxygen atoms in total. The minimum Gasteiger partial charge on any atom is -0.396 e.